The highest BCUT2D eigenvalue weighted by atomic mass is 16.5. The van der Waals surface area contributed by atoms with Gasteiger partial charge in [0.2, 0.25) is 0 Å². The number of nitriles is 1. The molecule has 20 heavy (non-hydrogen) atoms. The van der Waals surface area contributed by atoms with Crippen molar-refractivity contribution < 1.29 is 9.84 Å². The van der Waals surface area contributed by atoms with E-state index in [-0.39, 0.29) is 6.61 Å². The summed E-state index contributed by atoms with van der Waals surface area (Å²) < 4.78 is 5.83. The van der Waals surface area contributed by atoms with Gasteiger partial charge in [0, 0.05) is 17.2 Å². The van der Waals surface area contributed by atoms with Crippen LogP contribution in [0.1, 0.15) is 22.3 Å². The molecular weight excluding hydrogens is 250 g/mol. The Morgan fingerprint density at radius 3 is 2.85 bits per heavy atom. The molecule has 0 fully saturated rings. The predicted molar refractivity (Wildman–Crippen MR) is 75.8 cm³/mol. The molecule has 3 nitrogen and oxygen atoms in total. The fourth-order valence-electron chi connectivity index (χ4n) is 2.44. The predicted octanol–water partition coefficient (Wildman–Crippen LogP) is 3.03. The topological polar surface area (TPSA) is 53.2 Å². The van der Waals surface area contributed by atoms with Gasteiger partial charge in [0.15, 0.2) is 0 Å². The van der Waals surface area contributed by atoms with E-state index in [1.807, 2.05) is 42.5 Å². The van der Waals surface area contributed by atoms with E-state index < -0.39 is 0 Å². The van der Waals surface area contributed by atoms with Gasteiger partial charge in [-0.3, -0.25) is 0 Å². The molecule has 0 aliphatic carbocycles. The van der Waals surface area contributed by atoms with Crippen LogP contribution in [0.2, 0.25) is 0 Å². The van der Waals surface area contributed by atoms with E-state index >= 15 is 0 Å². The summed E-state index contributed by atoms with van der Waals surface area (Å²) in [6.45, 7) is 0.432. The minimum absolute atomic E-state index is 0.0269. The molecule has 0 unspecified atom stereocenters. The van der Waals surface area contributed by atoms with E-state index in [1.54, 1.807) is 6.08 Å². The number of nitrogens with zero attached hydrogens (tertiary/aromatic N) is 1. The Bertz CT molecular complexity index is 726. The third kappa shape index (κ3) is 2.07. The molecule has 0 spiro atoms. The summed E-state index contributed by atoms with van der Waals surface area (Å²) >= 11 is 0. The second kappa shape index (κ2) is 5.20. The van der Waals surface area contributed by atoms with Crippen LogP contribution in [-0.4, -0.2) is 5.11 Å². The van der Waals surface area contributed by atoms with Gasteiger partial charge in [-0.2, -0.15) is 5.26 Å². The molecule has 3 rings (SSSR count). The molecule has 2 aromatic rings. The van der Waals surface area contributed by atoms with Crippen molar-refractivity contribution in [3.05, 3.63) is 70.8 Å². The third-order valence-corrected chi connectivity index (χ3v) is 3.42. The van der Waals surface area contributed by atoms with E-state index in [4.69, 9.17) is 10.00 Å². The van der Waals surface area contributed by atoms with Crippen LogP contribution >= 0.6 is 0 Å². The molecule has 0 saturated carbocycles. The molecule has 2 aromatic carbocycles. The molecule has 98 valence electrons. The summed E-state index contributed by atoms with van der Waals surface area (Å²) in [4.78, 5) is 0. The Morgan fingerprint density at radius 1 is 1.20 bits per heavy atom. The van der Waals surface area contributed by atoms with Gasteiger partial charge in [0.05, 0.1) is 12.7 Å². The fraction of sp³-hybridized carbons (Fsp3) is 0.118. The first-order valence-corrected chi connectivity index (χ1v) is 6.38. The van der Waals surface area contributed by atoms with Crippen molar-refractivity contribution in [2.45, 2.75) is 13.2 Å². The second-order valence-corrected chi connectivity index (χ2v) is 4.62. The Hall–Kier alpha value is -2.57. The van der Waals surface area contributed by atoms with Crippen molar-refractivity contribution in [1.82, 2.24) is 0 Å². The number of aliphatic hydroxyl groups excluding tert-OH is 1. The maximum absolute atomic E-state index is 9.23. The van der Waals surface area contributed by atoms with Crippen LogP contribution < -0.4 is 4.74 Å². The molecule has 0 aromatic heterocycles. The van der Waals surface area contributed by atoms with Crippen molar-refractivity contribution in [2.24, 2.45) is 0 Å². The van der Waals surface area contributed by atoms with Crippen LogP contribution in [0.25, 0.3) is 5.57 Å². The molecule has 0 bridgehead atoms. The minimum Gasteiger partial charge on any atom is -0.488 e. The average Bonchev–Trinajstić information content (AvgIpc) is 2.65. The smallest absolute Gasteiger partial charge is 0.128 e. The molecule has 0 radical (unpaired) electrons. The molecule has 3 heteroatoms. The Kier molecular flexibility index (Phi) is 3.24. The number of fused-ring (bicyclic) bond motifs is 2. The van der Waals surface area contributed by atoms with E-state index in [0.717, 1.165) is 27.8 Å². The van der Waals surface area contributed by atoms with Crippen molar-refractivity contribution >= 4 is 5.57 Å². The molecule has 0 atom stereocenters. The lowest BCUT2D eigenvalue weighted by Crippen LogP contribution is -1.95. The van der Waals surface area contributed by atoms with E-state index in [9.17, 15) is 5.11 Å². The van der Waals surface area contributed by atoms with Gasteiger partial charge in [-0.05, 0) is 22.8 Å². The van der Waals surface area contributed by atoms with Crippen LogP contribution in [0.4, 0.5) is 0 Å². The first-order chi connectivity index (χ1) is 9.83. The monoisotopic (exact) mass is 263 g/mol. The number of hydrogen-bond donors (Lipinski definition) is 1. The maximum atomic E-state index is 9.23. The summed E-state index contributed by atoms with van der Waals surface area (Å²) in [5.41, 5.74) is 4.61. The standard InChI is InChI=1S/C17H13NO2/c18-8-7-15-14-4-2-1-3-13(14)11-20-17-9-12(10-19)5-6-16(15)17/h1-7,9,19H,10-11H2/b15-7+. The zero-order valence-corrected chi connectivity index (χ0v) is 10.8. The number of ether oxygens (including phenoxy) is 1. The van der Waals surface area contributed by atoms with Gasteiger partial charge in [0.1, 0.15) is 12.4 Å². The Labute approximate surface area is 117 Å². The quantitative estimate of drug-likeness (QED) is 0.805. The van der Waals surface area contributed by atoms with E-state index in [0.29, 0.717) is 12.4 Å². The molecule has 1 N–H and O–H groups in total. The SMILES string of the molecule is N#C/C=C1\c2ccccc2COc2cc(CO)ccc21. The summed E-state index contributed by atoms with van der Waals surface area (Å²) in [5, 5.41) is 18.3. The molecular formula is C17H13NO2. The number of rotatable bonds is 1. The van der Waals surface area contributed by atoms with Gasteiger partial charge in [-0.25, -0.2) is 0 Å². The largest absolute Gasteiger partial charge is 0.488 e. The first kappa shape index (κ1) is 12.5. The van der Waals surface area contributed by atoms with Crippen molar-refractivity contribution in [3.63, 3.8) is 0 Å². The summed E-state index contributed by atoms with van der Waals surface area (Å²) in [6, 6.07) is 15.6. The maximum Gasteiger partial charge on any atom is 0.128 e. The van der Waals surface area contributed by atoms with Gasteiger partial charge < -0.3 is 9.84 Å². The highest BCUT2D eigenvalue weighted by Gasteiger charge is 2.19. The number of aliphatic hydroxyl groups is 1. The Morgan fingerprint density at radius 2 is 2.05 bits per heavy atom. The lowest BCUT2D eigenvalue weighted by Gasteiger charge is -2.10. The zero-order chi connectivity index (χ0) is 13.9. The molecule has 1 aliphatic heterocycles. The fourth-order valence-corrected chi connectivity index (χ4v) is 2.44. The van der Waals surface area contributed by atoms with Gasteiger partial charge >= 0.3 is 0 Å². The Balaban J connectivity index is 2.23. The van der Waals surface area contributed by atoms with Crippen molar-refractivity contribution in [1.29, 1.82) is 5.26 Å². The molecule has 0 saturated heterocycles. The molecule has 1 heterocycles. The van der Waals surface area contributed by atoms with Crippen molar-refractivity contribution in [3.8, 4) is 11.8 Å². The third-order valence-electron chi connectivity index (χ3n) is 3.42. The lowest BCUT2D eigenvalue weighted by molar-refractivity contribution is 0.278. The lowest BCUT2D eigenvalue weighted by atomic mass is 9.93. The summed E-state index contributed by atoms with van der Waals surface area (Å²) in [7, 11) is 0. The van der Waals surface area contributed by atoms with Gasteiger partial charge in [-0.15, -0.1) is 0 Å². The first-order valence-electron chi connectivity index (χ1n) is 6.38. The van der Waals surface area contributed by atoms with Crippen LogP contribution in [0.3, 0.4) is 0 Å². The second-order valence-electron chi connectivity index (χ2n) is 4.62. The summed E-state index contributed by atoms with van der Waals surface area (Å²) in [6.07, 6.45) is 1.55. The number of hydrogen-bond acceptors (Lipinski definition) is 3. The average molecular weight is 263 g/mol. The minimum atomic E-state index is -0.0269. The molecule has 1 aliphatic rings. The number of benzene rings is 2. The van der Waals surface area contributed by atoms with Gasteiger partial charge in [-0.1, -0.05) is 36.4 Å². The number of allylic oxidation sites excluding steroid dienone is 1. The normalized spacial score (nSPS) is 14.7. The highest BCUT2D eigenvalue weighted by molar-refractivity contribution is 5.86. The highest BCUT2D eigenvalue weighted by Crippen LogP contribution is 2.37. The van der Waals surface area contributed by atoms with Crippen LogP contribution in [0.5, 0.6) is 5.75 Å². The van der Waals surface area contributed by atoms with Crippen LogP contribution in [0.15, 0.2) is 48.5 Å². The zero-order valence-electron chi connectivity index (χ0n) is 10.8. The van der Waals surface area contributed by atoms with Crippen LogP contribution in [0, 0.1) is 11.3 Å². The van der Waals surface area contributed by atoms with Gasteiger partial charge in [0.25, 0.3) is 0 Å². The van der Waals surface area contributed by atoms with Crippen molar-refractivity contribution in [2.75, 3.05) is 0 Å². The van der Waals surface area contributed by atoms with E-state index in [2.05, 4.69) is 6.07 Å². The summed E-state index contributed by atoms with van der Waals surface area (Å²) in [5.74, 6) is 0.703. The van der Waals surface area contributed by atoms with E-state index in [1.165, 1.54) is 0 Å². The molecule has 0 amide bonds. The van der Waals surface area contributed by atoms with Crippen LogP contribution in [-0.2, 0) is 13.2 Å².